The van der Waals surface area contributed by atoms with Crippen LogP contribution in [0.2, 0.25) is 0 Å². The number of aromatic nitrogens is 2. The zero-order chi connectivity index (χ0) is 25.5. The number of nitrogens with one attached hydrogen (secondary N) is 2. The molecule has 2 N–H and O–H groups in total. The molecule has 1 aromatic heterocycles. The summed E-state index contributed by atoms with van der Waals surface area (Å²) in [4.78, 5) is 43.9. The number of nitro benzene ring substituents is 1. The molecular formula is C24H25N7O5. The molecule has 4 rings (SSSR count). The van der Waals surface area contributed by atoms with E-state index in [9.17, 15) is 25.0 Å². The van der Waals surface area contributed by atoms with Gasteiger partial charge >= 0.3 is 5.69 Å². The lowest BCUT2D eigenvalue weighted by Gasteiger charge is -2.32. The summed E-state index contributed by atoms with van der Waals surface area (Å²) < 4.78 is 0. The molecule has 1 aliphatic heterocycles. The van der Waals surface area contributed by atoms with Crippen molar-refractivity contribution in [3.8, 4) is 0 Å². The minimum Gasteiger partial charge on any atom is -0.351 e. The van der Waals surface area contributed by atoms with Crippen molar-refractivity contribution in [3.63, 3.8) is 0 Å². The normalized spacial score (nSPS) is 13.7. The third-order valence-electron chi connectivity index (χ3n) is 6.10. The molecular weight excluding hydrogens is 466 g/mol. The Hall–Kier alpha value is -4.61. The largest absolute Gasteiger partial charge is 0.355 e. The van der Waals surface area contributed by atoms with Crippen molar-refractivity contribution >= 4 is 28.9 Å². The summed E-state index contributed by atoms with van der Waals surface area (Å²) >= 11 is 0. The van der Waals surface area contributed by atoms with E-state index in [2.05, 4.69) is 33.0 Å². The highest BCUT2D eigenvalue weighted by Gasteiger charge is 2.30. The van der Waals surface area contributed by atoms with Crippen molar-refractivity contribution in [1.82, 2.24) is 15.4 Å². The van der Waals surface area contributed by atoms with Gasteiger partial charge in [0.05, 0.1) is 16.3 Å². The minimum atomic E-state index is -0.559. The molecule has 0 aliphatic carbocycles. The Morgan fingerprint density at radius 1 is 0.944 bits per heavy atom. The molecule has 3 aromatic rings. The van der Waals surface area contributed by atoms with Crippen LogP contribution in [0.3, 0.4) is 0 Å². The number of anilines is 2. The Kier molecular flexibility index (Phi) is 7.63. The zero-order valence-corrected chi connectivity index (χ0v) is 19.4. The number of benzene rings is 2. The van der Waals surface area contributed by atoms with E-state index in [1.165, 1.54) is 36.2 Å². The van der Waals surface area contributed by atoms with Crippen LogP contribution in [0.1, 0.15) is 24.0 Å². The number of nitrogens with zero attached hydrogens (tertiary/aromatic N) is 5. The Bertz CT molecular complexity index is 1230. The number of nitro groups is 2. The molecule has 0 spiro atoms. The highest BCUT2D eigenvalue weighted by atomic mass is 16.6. The summed E-state index contributed by atoms with van der Waals surface area (Å²) in [5.41, 5.74) is 6.39. The lowest BCUT2D eigenvalue weighted by molar-refractivity contribution is -0.384. The standard InChI is InChI=1S/C24H25N7O5/c32-21(15-18-6-8-20(9-7-18)30(33)34)27-28-23-22(31(35)36)24(26-16-25-23)29-12-10-19(11-13-29)14-17-4-2-1-3-5-17/h1-9,16,19H,10-15H2,(H,27,32)(H,25,26,28). The van der Waals surface area contributed by atoms with Crippen molar-refractivity contribution in [3.05, 3.63) is 92.3 Å². The number of rotatable bonds is 9. The van der Waals surface area contributed by atoms with E-state index >= 15 is 0 Å². The first kappa shape index (κ1) is 24.5. The monoisotopic (exact) mass is 491 g/mol. The molecule has 12 nitrogen and oxygen atoms in total. The highest BCUT2D eigenvalue weighted by Crippen LogP contribution is 2.34. The number of carbonyl (C=O) groups is 1. The first-order valence-corrected chi connectivity index (χ1v) is 11.5. The Morgan fingerprint density at radius 3 is 2.28 bits per heavy atom. The molecule has 0 atom stereocenters. The fourth-order valence-electron chi connectivity index (χ4n) is 4.25. The first-order chi connectivity index (χ1) is 17.4. The average molecular weight is 492 g/mol. The van der Waals surface area contributed by atoms with E-state index in [0.29, 0.717) is 24.6 Å². The van der Waals surface area contributed by atoms with Crippen molar-refractivity contribution in [2.75, 3.05) is 23.4 Å². The summed E-state index contributed by atoms with van der Waals surface area (Å²) in [5, 5.41) is 22.7. The van der Waals surface area contributed by atoms with Crippen LogP contribution in [-0.4, -0.2) is 38.8 Å². The Balaban J connectivity index is 1.38. The number of non-ortho nitro benzene ring substituents is 1. The predicted octanol–water partition coefficient (Wildman–Crippen LogP) is 3.44. The average Bonchev–Trinajstić information content (AvgIpc) is 2.88. The predicted molar refractivity (Wildman–Crippen MR) is 132 cm³/mol. The SMILES string of the molecule is O=C(Cc1ccc([N+](=O)[O-])cc1)NNc1ncnc(N2CCC(Cc3ccccc3)CC2)c1[N+](=O)[O-]. The van der Waals surface area contributed by atoms with E-state index in [4.69, 9.17) is 0 Å². The molecule has 0 unspecified atom stereocenters. The van der Waals surface area contributed by atoms with Crippen LogP contribution in [0, 0.1) is 26.1 Å². The zero-order valence-electron chi connectivity index (χ0n) is 19.4. The van der Waals surface area contributed by atoms with Crippen LogP contribution in [0.25, 0.3) is 0 Å². The van der Waals surface area contributed by atoms with Crippen LogP contribution in [0.15, 0.2) is 60.9 Å². The fourth-order valence-corrected chi connectivity index (χ4v) is 4.25. The van der Waals surface area contributed by atoms with Gasteiger partial charge in [-0.3, -0.25) is 35.9 Å². The lowest BCUT2D eigenvalue weighted by atomic mass is 9.90. The van der Waals surface area contributed by atoms with Crippen molar-refractivity contribution < 1.29 is 14.6 Å². The number of hydrogen-bond acceptors (Lipinski definition) is 9. The first-order valence-electron chi connectivity index (χ1n) is 11.5. The third-order valence-corrected chi connectivity index (χ3v) is 6.10. The number of hydrazine groups is 1. The quantitative estimate of drug-likeness (QED) is 0.338. The van der Waals surface area contributed by atoms with E-state index in [1.807, 2.05) is 23.1 Å². The number of amides is 1. The Labute approximate surface area is 206 Å². The number of piperidine rings is 1. The summed E-state index contributed by atoms with van der Waals surface area (Å²) in [6.07, 6.45) is 3.87. The van der Waals surface area contributed by atoms with Gasteiger partial charge in [-0.15, -0.1) is 0 Å². The van der Waals surface area contributed by atoms with Gasteiger partial charge < -0.3 is 4.90 Å². The van der Waals surface area contributed by atoms with E-state index < -0.39 is 15.8 Å². The van der Waals surface area contributed by atoms with Gasteiger partial charge in [-0.25, -0.2) is 9.97 Å². The minimum absolute atomic E-state index is 0.0777. The van der Waals surface area contributed by atoms with Crippen molar-refractivity contribution in [2.24, 2.45) is 5.92 Å². The molecule has 186 valence electrons. The van der Waals surface area contributed by atoms with Crippen LogP contribution < -0.4 is 15.8 Å². The molecule has 2 aromatic carbocycles. The van der Waals surface area contributed by atoms with Crippen molar-refractivity contribution in [2.45, 2.75) is 25.7 Å². The second-order valence-electron chi connectivity index (χ2n) is 8.55. The smallest absolute Gasteiger partial charge is 0.351 e. The van der Waals surface area contributed by atoms with E-state index in [1.54, 1.807) is 0 Å². The summed E-state index contributed by atoms with van der Waals surface area (Å²) in [5.74, 6) is 0.0922. The van der Waals surface area contributed by atoms with Gasteiger partial charge in [-0.2, -0.15) is 0 Å². The second kappa shape index (κ2) is 11.2. The summed E-state index contributed by atoms with van der Waals surface area (Å²) in [6.45, 7) is 1.25. The molecule has 2 heterocycles. The maximum absolute atomic E-state index is 12.3. The van der Waals surface area contributed by atoms with Crippen molar-refractivity contribution in [1.29, 1.82) is 0 Å². The van der Waals surface area contributed by atoms with Gasteiger partial charge in [0.2, 0.25) is 17.5 Å². The number of hydrogen-bond donors (Lipinski definition) is 2. The molecule has 1 aliphatic rings. The summed E-state index contributed by atoms with van der Waals surface area (Å²) in [6, 6.07) is 15.8. The van der Waals surface area contributed by atoms with E-state index in [-0.39, 0.29) is 29.4 Å². The van der Waals surface area contributed by atoms with Gasteiger partial charge in [0.1, 0.15) is 6.33 Å². The highest BCUT2D eigenvalue weighted by molar-refractivity contribution is 5.81. The molecule has 1 saturated heterocycles. The van der Waals surface area contributed by atoms with Gasteiger partial charge in [0.15, 0.2) is 0 Å². The molecule has 0 radical (unpaired) electrons. The number of carbonyl (C=O) groups excluding carboxylic acids is 1. The maximum atomic E-state index is 12.3. The molecule has 0 saturated carbocycles. The summed E-state index contributed by atoms with van der Waals surface area (Å²) in [7, 11) is 0. The molecule has 12 heteroatoms. The van der Waals surface area contributed by atoms with Crippen LogP contribution in [0.4, 0.5) is 23.0 Å². The lowest BCUT2D eigenvalue weighted by Crippen LogP contribution is -2.36. The van der Waals surface area contributed by atoms with Gasteiger partial charge in [-0.1, -0.05) is 42.5 Å². The van der Waals surface area contributed by atoms with Crippen LogP contribution >= 0.6 is 0 Å². The topological polar surface area (TPSA) is 156 Å². The Morgan fingerprint density at radius 2 is 1.64 bits per heavy atom. The molecule has 36 heavy (non-hydrogen) atoms. The fraction of sp³-hybridized carbons (Fsp3) is 0.292. The third kappa shape index (κ3) is 6.09. The molecule has 1 amide bonds. The van der Waals surface area contributed by atoms with Gasteiger partial charge in [0, 0.05) is 25.2 Å². The second-order valence-corrected chi connectivity index (χ2v) is 8.55. The maximum Gasteiger partial charge on any atom is 0.355 e. The molecule has 0 bridgehead atoms. The van der Waals surface area contributed by atoms with Crippen LogP contribution in [0.5, 0.6) is 0 Å². The van der Waals surface area contributed by atoms with E-state index in [0.717, 1.165) is 19.3 Å². The van der Waals surface area contributed by atoms with Crippen LogP contribution in [-0.2, 0) is 17.6 Å². The van der Waals surface area contributed by atoms with Gasteiger partial charge in [-0.05, 0) is 36.3 Å². The molecule has 1 fully saturated rings. The van der Waals surface area contributed by atoms with Gasteiger partial charge in [0.25, 0.3) is 5.69 Å².